The largest absolute Gasteiger partial charge is 0.535 e. The van der Waals surface area contributed by atoms with Gasteiger partial charge in [-0.1, -0.05) is 6.07 Å². The second-order valence-corrected chi connectivity index (χ2v) is 7.35. The van der Waals surface area contributed by atoms with E-state index in [-0.39, 0.29) is 36.1 Å². The van der Waals surface area contributed by atoms with E-state index in [4.69, 9.17) is 20.2 Å². The topological polar surface area (TPSA) is 172 Å². The predicted molar refractivity (Wildman–Crippen MR) is 104 cm³/mol. The molecule has 2 atom stereocenters. The van der Waals surface area contributed by atoms with Crippen LogP contribution >= 0.6 is 0 Å². The molecule has 2 aliphatic rings. The number of aliphatic hydroxyl groups is 1. The summed E-state index contributed by atoms with van der Waals surface area (Å²) in [4.78, 5) is 37.3. The minimum atomic E-state index is -1.24. The zero-order valence-electron chi connectivity index (χ0n) is 16.4. The summed E-state index contributed by atoms with van der Waals surface area (Å²) in [5, 5.41) is 30.6. The summed E-state index contributed by atoms with van der Waals surface area (Å²) >= 11 is 0. The first-order valence-electron chi connectivity index (χ1n) is 9.57. The second kappa shape index (κ2) is 8.90. The molecule has 0 radical (unpaired) electrons. The highest BCUT2D eigenvalue weighted by molar-refractivity contribution is 6.44. The highest BCUT2D eigenvalue weighted by Gasteiger charge is 2.37. The molecule has 1 fully saturated rings. The van der Waals surface area contributed by atoms with E-state index in [1.54, 1.807) is 12.1 Å². The number of aryl methyl sites for hydroxylation is 1. The van der Waals surface area contributed by atoms with Crippen LogP contribution < -0.4 is 20.4 Å². The number of hydrogen-bond donors (Lipinski definition) is 5. The molecular formula is C18H24BN3O8. The van der Waals surface area contributed by atoms with Gasteiger partial charge in [0.25, 0.3) is 0 Å². The lowest BCUT2D eigenvalue weighted by atomic mass is 9.78. The number of rotatable bonds is 7. The number of nitrogens with two attached hydrogens (primary N) is 1. The van der Waals surface area contributed by atoms with Crippen molar-refractivity contribution in [1.82, 2.24) is 10.2 Å². The molecule has 3 rings (SSSR count). The molecular weight excluding hydrogens is 397 g/mol. The van der Waals surface area contributed by atoms with E-state index in [1.807, 2.05) is 0 Å². The van der Waals surface area contributed by atoms with Crippen molar-refractivity contribution in [2.24, 2.45) is 5.73 Å². The van der Waals surface area contributed by atoms with Crippen molar-refractivity contribution < 1.29 is 39.0 Å². The molecule has 6 N–H and O–H groups in total. The molecule has 162 valence electrons. The van der Waals surface area contributed by atoms with Gasteiger partial charge < -0.3 is 40.6 Å². The van der Waals surface area contributed by atoms with Crippen molar-refractivity contribution in [3.8, 4) is 11.5 Å². The number of hydrogen-bond acceptors (Lipinski definition) is 8. The van der Waals surface area contributed by atoms with E-state index < -0.39 is 43.8 Å². The Kier molecular flexibility index (Phi) is 6.49. The van der Waals surface area contributed by atoms with Gasteiger partial charge in [0, 0.05) is 0 Å². The normalized spacial score (nSPS) is 17.9. The van der Waals surface area contributed by atoms with Crippen molar-refractivity contribution in [2.45, 2.75) is 37.9 Å². The van der Waals surface area contributed by atoms with Crippen molar-refractivity contribution >= 4 is 24.9 Å². The molecule has 12 heteroatoms. The van der Waals surface area contributed by atoms with E-state index in [1.165, 1.54) is 11.8 Å². The summed E-state index contributed by atoms with van der Waals surface area (Å²) in [6, 6.07) is 1.32. The van der Waals surface area contributed by atoms with Crippen LogP contribution in [0.25, 0.3) is 0 Å². The van der Waals surface area contributed by atoms with Gasteiger partial charge in [-0.15, -0.1) is 0 Å². The Balaban J connectivity index is 1.61. The molecule has 0 saturated carbocycles. The Bertz CT molecular complexity index is 845. The molecule has 0 aromatic heterocycles. The number of carbonyl (C=O) groups is 3. The fraction of sp³-hybridized carbons (Fsp3) is 0.500. The molecule has 0 spiro atoms. The maximum absolute atomic E-state index is 12.4. The van der Waals surface area contributed by atoms with Gasteiger partial charge in [0.1, 0.15) is 35.3 Å². The molecule has 30 heavy (non-hydrogen) atoms. The van der Waals surface area contributed by atoms with E-state index >= 15 is 0 Å². The smallest absolute Gasteiger partial charge is 0.522 e. The number of nitrogens with one attached hydrogen (secondary N) is 1. The average Bonchev–Trinajstić information content (AvgIpc) is 2.68. The number of aromatic carboxylic acids is 1. The van der Waals surface area contributed by atoms with Crippen molar-refractivity contribution in [2.75, 3.05) is 19.7 Å². The van der Waals surface area contributed by atoms with Crippen LogP contribution in [0.5, 0.6) is 11.5 Å². The number of nitrogens with zero attached hydrogens (tertiary/aromatic N) is 1. The number of carboxylic acids is 1. The molecule has 1 aromatic rings. The summed E-state index contributed by atoms with van der Waals surface area (Å²) in [6.45, 7) is 1.41. The van der Waals surface area contributed by atoms with Gasteiger partial charge in [-0.2, -0.15) is 0 Å². The van der Waals surface area contributed by atoms with Crippen LogP contribution in [0.15, 0.2) is 12.1 Å². The first-order chi connectivity index (χ1) is 14.2. The number of amides is 2. The molecule has 2 aliphatic heterocycles. The second-order valence-electron chi connectivity index (χ2n) is 7.35. The molecule has 2 heterocycles. The van der Waals surface area contributed by atoms with Crippen LogP contribution in [-0.2, 0) is 16.0 Å². The third-order valence-electron chi connectivity index (χ3n) is 5.05. The minimum absolute atomic E-state index is 0.0996. The fourth-order valence-electron chi connectivity index (χ4n) is 3.33. The van der Waals surface area contributed by atoms with Gasteiger partial charge in [0.05, 0.1) is 19.7 Å². The number of ether oxygens (including phenoxy) is 1. The third-order valence-corrected chi connectivity index (χ3v) is 5.05. The lowest BCUT2D eigenvalue weighted by molar-refractivity contribution is -0.144. The molecule has 2 amide bonds. The monoisotopic (exact) mass is 421 g/mol. The lowest BCUT2D eigenvalue weighted by Gasteiger charge is -2.40. The summed E-state index contributed by atoms with van der Waals surface area (Å²) < 4.78 is 11.1. The van der Waals surface area contributed by atoms with Crippen molar-refractivity contribution in [3.05, 3.63) is 23.3 Å². The quantitative estimate of drug-likeness (QED) is 0.319. The highest BCUT2D eigenvalue weighted by Crippen LogP contribution is 2.37. The van der Waals surface area contributed by atoms with Gasteiger partial charge in [0.2, 0.25) is 11.8 Å². The van der Waals surface area contributed by atoms with Gasteiger partial charge >= 0.3 is 13.1 Å². The summed E-state index contributed by atoms with van der Waals surface area (Å²) in [5.74, 6) is -2.01. The SMILES string of the molecule is C[C@@H](NC(=O)[C@H](N)CO)C(=O)N1CC(Oc2ccc3c(c2C(=O)O)OB(O)CC3)C1. The van der Waals surface area contributed by atoms with Crippen LogP contribution in [0.3, 0.4) is 0 Å². The molecule has 0 bridgehead atoms. The Morgan fingerprint density at radius 2 is 2.10 bits per heavy atom. The Morgan fingerprint density at radius 1 is 1.40 bits per heavy atom. The average molecular weight is 421 g/mol. The van der Waals surface area contributed by atoms with Crippen LogP contribution in [0.4, 0.5) is 0 Å². The summed E-state index contributed by atoms with van der Waals surface area (Å²) in [7, 11) is -1.07. The van der Waals surface area contributed by atoms with Gasteiger partial charge in [-0.25, -0.2) is 4.79 Å². The number of likely N-dealkylation sites (tertiary alicyclic amines) is 1. The fourth-order valence-corrected chi connectivity index (χ4v) is 3.33. The maximum atomic E-state index is 12.4. The molecule has 0 unspecified atom stereocenters. The zero-order valence-corrected chi connectivity index (χ0v) is 16.4. The predicted octanol–water partition coefficient (Wildman–Crippen LogP) is -1.79. The minimum Gasteiger partial charge on any atom is -0.535 e. The van der Waals surface area contributed by atoms with Crippen LogP contribution in [0, 0.1) is 0 Å². The van der Waals surface area contributed by atoms with Gasteiger partial charge in [0.15, 0.2) is 0 Å². The summed E-state index contributed by atoms with van der Waals surface area (Å²) in [5.41, 5.74) is 5.93. The zero-order chi connectivity index (χ0) is 22.0. The molecule has 1 saturated heterocycles. The number of benzene rings is 1. The molecule has 1 aromatic carbocycles. The highest BCUT2D eigenvalue weighted by atomic mass is 16.5. The Morgan fingerprint density at radius 3 is 2.73 bits per heavy atom. The first-order valence-corrected chi connectivity index (χ1v) is 9.57. The molecule has 0 aliphatic carbocycles. The third kappa shape index (κ3) is 4.50. The maximum Gasteiger partial charge on any atom is 0.522 e. The summed E-state index contributed by atoms with van der Waals surface area (Å²) in [6.07, 6.45) is 0.442. The van der Waals surface area contributed by atoms with Crippen molar-refractivity contribution in [3.63, 3.8) is 0 Å². The number of aliphatic hydroxyl groups excluding tert-OH is 1. The van der Waals surface area contributed by atoms with E-state index in [9.17, 15) is 24.5 Å². The Hall–Kier alpha value is -2.83. The van der Waals surface area contributed by atoms with Gasteiger partial charge in [-0.3, -0.25) is 9.59 Å². The molecule has 11 nitrogen and oxygen atoms in total. The van der Waals surface area contributed by atoms with Crippen molar-refractivity contribution in [1.29, 1.82) is 0 Å². The van der Waals surface area contributed by atoms with E-state index in [2.05, 4.69) is 5.32 Å². The van der Waals surface area contributed by atoms with E-state index in [0.29, 0.717) is 18.3 Å². The lowest BCUT2D eigenvalue weighted by Crippen LogP contribution is -2.61. The first kappa shape index (κ1) is 21.9. The number of carboxylic acid groups (broad SMARTS) is 1. The van der Waals surface area contributed by atoms with E-state index in [0.717, 1.165) is 0 Å². The van der Waals surface area contributed by atoms with Crippen LogP contribution in [-0.4, -0.2) is 82.9 Å². The van der Waals surface area contributed by atoms with Gasteiger partial charge in [-0.05, 0) is 31.3 Å². The number of carbonyl (C=O) groups excluding carboxylic acids is 2. The number of fused-ring (bicyclic) bond motifs is 1. The van der Waals surface area contributed by atoms with Crippen LogP contribution in [0.1, 0.15) is 22.8 Å². The Labute approximate surface area is 172 Å². The standard InChI is InChI=1S/C18H24BN3O8/c1-9(21-16(24)12(20)8-23)17(25)22-6-11(7-22)29-13-3-2-10-4-5-19(28)30-15(10)14(13)18(26)27/h2-3,9,11-12,23,28H,4-8,20H2,1H3,(H,21,24)(H,26,27)/t9-,12-/m1/s1. The van der Waals surface area contributed by atoms with Crippen LogP contribution in [0.2, 0.25) is 6.32 Å².